The lowest BCUT2D eigenvalue weighted by atomic mass is 10.0. The van der Waals surface area contributed by atoms with Gasteiger partial charge in [0.25, 0.3) is 0 Å². The molecule has 0 aliphatic carbocycles. The summed E-state index contributed by atoms with van der Waals surface area (Å²) in [5.74, 6) is -0.981. The lowest BCUT2D eigenvalue weighted by Gasteiger charge is -2.07. The molecular weight excluding hydrogens is 426 g/mol. The Labute approximate surface area is 208 Å². The molecule has 1 aromatic heterocycles. The van der Waals surface area contributed by atoms with Gasteiger partial charge in [-0.25, -0.2) is 14.6 Å². The van der Waals surface area contributed by atoms with E-state index in [1.807, 2.05) is 6.92 Å². The molecule has 0 fully saturated rings. The Kier molecular flexibility index (Phi) is 19.1. The Morgan fingerprint density at radius 1 is 0.559 bits per heavy atom. The van der Waals surface area contributed by atoms with Crippen molar-refractivity contribution in [1.29, 1.82) is 0 Å². The first kappa shape index (κ1) is 30.1. The van der Waals surface area contributed by atoms with E-state index in [0.717, 1.165) is 25.7 Å². The predicted octanol–water partition coefficient (Wildman–Crippen LogP) is 8.46. The van der Waals surface area contributed by atoms with Gasteiger partial charge >= 0.3 is 11.9 Å². The van der Waals surface area contributed by atoms with E-state index in [9.17, 15) is 9.59 Å². The summed E-state index contributed by atoms with van der Waals surface area (Å²) in [6.07, 6.45) is 22.8. The third-order valence-corrected chi connectivity index (χ3v) is 6.13. The van der Waals surface area contributed by atoms with Crippen molar-refractivity contribution in [3.8, 4) is 0 Å². The van der Waals surface area contributed by atoms with Crippen molar-refractivity contribution in [2.45, 2.75) is 129 Å². The molecule has 0 saturated carbocycles. The van der Waals surface area contributed by atoms with E-state index in [1.165, 1.54) is 89.9 Å². The number of esters is 2. The summed E-state index contributed by atoms with van der Waals surface area (Å²) in [6, 6.07) is 4.76. The Bertz CT molecular complexity index is 647. The second-order valence-electron chi connectivity index (χ2n) is 9.34. The van der Waals surface area contributed by atoms with Gasteiger partial charge in [0.05, 0.1) is 13.2 Å². The second-order valence-corrected chi connectivity index (χ2v) is 9.34. The molecule has 0 aliphatic rings. The summed E-state index contributed by atoms with van der Waals surface area (Å²) in [7, 11) is 0. The second kappa shape index (κ2) is 21.6. The van der Waals surface area contributed by atoms with Crippen molar-refractivity contribution >= 4 is 11.9 Å². The van der Waals surface area contributed by atoms with Gasteiger partial charge in [-0.15, -0.1) is 0 Å². The molecule has 0 spiro atoms. The normalized spacial score (nSPS) is 10.9. The number of hydrogen-bond acceptors (Lipinski definition) is 5. The number of aromatic nitrogens is 1. The van der Waals surface area contributed by atoms with Gasteiger partial charge in [0, 0.05) is 0 Å². The van der Waals surface area contributed by atoms with E-state index < -0.39 is 11.9 Å². The quantitative estimate of drug-likeness (QED) is 0.124. The fourth-order valence-electron chi connectivity index (χ4n) is 3.93. The van der Waals surface area contributed by atoms with Crippen molar-refractivity contribution in [1.82, 2.24) is 4.98 Å². The molecule has 0 aromatic carbocycles. The van der Waals surface area contributed by atoms with Crippen LogP contribution in [0.15, 0.2) is 18.2 Å². The van der Waals surface area contributed by atoms with Crippen LogP contribution in [-0.2, 0) is 9.47 Å². The van der Waals surface area contributed by atoms with E-state index in [1.54, 1.807) is 18.2 Å². The standard InChI is InChI=1S/C29H49NO4/c1-3-5-7-8-9-10-11-12-13-14-15-16-17-18-19-20-25-34-29(32)27-23-21-22-26(30-27)28(31)33-24-6-4-2/h21-23H,3-20,24-25H2,1-2H3. The van der Waals surface area contributed by atoms with E-state index >= 15 is 0 Å². The van der Waals surface area contributed by atoms with Gasteiger partial charge in [-0.3, -0.25) is 0 Å². The fraction of sp³-hybridized carbons (Fsp3) is 0.759. The first-order chi connectivity index (χ1) is 16.7. The van der Waals surface area contributed by atoms with Crippen LogP contribution in [0.1, 0.15) is 150 Å². The Balaban J connectivity index is 1.97. The van der Waals surface area contributed by atoms with Gasteiger partial charge < -0.3 is 9.47 Å². The monoisotopic (exact) mass is 475 g/mol. The van der Waals surface area contributed by atoms with E-state index in [2.05, 4.69) is 11.9 Å². The molecule has 0 bridgehead atoms. The molecule has 0 amide bonds. The van der Waals surface area contributed by atoms with Crippen molar-refractivity contribution in [2.24, 2.45) is 0 Å². The smallest absolute Gasteiger partial charge is 0.356 e. The van der Waals surface area contributed by atoms with Crippen LogP contribution in [0.4, 0.5) is 0 Å². The number of nitrogens with zero attached hydrogens (tertiary/aromatic N) is 1. The third kappa shape index (κ3) is 15.8. The number of unbranched alkanes of at least 4 members (excludes halogenated alkanes) is 16. The van der Waals surface area contributed by atoms with Gasteiger partial charge in [-0.1, -0.05) is 123 Å². The van der Waals surface area contributed by atoms with E-state index in [0.29, 0.717) is 13.2 Å². The van der Waals surface area contributed by atoms with Gasteiger partial charge in [-0.05, 0) is 25.0 Å². The first-order valence-electron chi connectivity index (χ1n) is 14.0. The molecule has 5 nitrogen and oxygen atoms in total. The van der Waals surface area contributed by atoms with Crippen LogP contribution < -0.4 is 0 Å². The number of ether oxygens (including phenoxy) is 2. The van der Waals surface area contributed by atoms with Crippen LogP contribution in [-0.4, -0.2) is 30.1 Å². The molecule has 0 atom stereocenters. The minimum absolute atomic E-state index is 0.146. The molecule has 0 N–H and O–H groups in total. The van der Waals surface area contributed by atoms with Crippen LogP contribution in [0, 0.1) is 0 Å². The van der Waals surface area contributed by atoms with Crippen LogP contribution in [0.2, 0.25) is 0 Å². The highest BCUT2D eigenvalue weighted by Crippen LogP contribution is 2.14. The molecular formula is C29H49NO4. The molecule has 0 unspecified atom stereocenters. The van der Waals surface area contributed by atoms with Crippen LogP contribution in [0.3, 0.4) is 0 Å². The zero-order chi connectivity index (χ0) is 24.7. The molecule has 0 aliphatic heterocycles. The van der Waals surface area contributed by atoms with Crippen LogP contribution in [0.25, 0.3) is 0 Å². The van der Waals surface area contributed by atoms with E-state index in [-0.39, 0.29) is 11.4 Å². The maximum Gasteiger partial charge on any atom is 0.356 e. The minimum atomic E-state index is -0.499. The Hall–Kier alpha value is -1.91. The van der Waals surface area contributed by atoms with Crippen molar-refractivity contribution in [3.63, 3.8) is 0 Å². The molecule has 5 heteroatoms. The first-order valence-corrected chi connectivity index (χ1v) is 14.0. The summed E-state index contributed by atoms with van der Waals surface area (Å²) < 4.78 is 10.5. The highest BCUT2D eigenvalue weighted by molar-refractivity contribution is 5.91. The predicted molar refractivity (Wildman–Crippen MR) is 139 cm³/mol. The number of carbonyl (C=O) groups excluding carboxylic acids is 2. The number of pyridine rings is 1. The van der Waals surface area contributed by atoms with Crippen LogP contribution in [0.5, 0.6) is 0 Å². The summed E-state index contributed by atoms with van der Waals surface area (Å²) in [5, 5.41) is 0. The van der Waals surface area contributed by atoms with Gasteiger partial charge in [0.2, 0.25) is 0 Å². The van der Waals surface area contributed by atoms with Crippen molar-refractivity contribution in [3.05, 3.63) is 29.6 Å². The maximum atomic E-state index is 12.2. The molecule has 1 rings (SSSR count). The Morgan fingerprint density at radius 2 is 0.912 bits per heavy atom. The molecule has 0 saturated heterocycles. The third-order valence-electron chi connectivity index (χ3n) is 6.13. The summed E-state index contributed by atoms with van der Waals surface area (Å²) in [5.41, 5.74) is 0.300. The average Bonchev–Trinajstić information content (AvgIpc) is 2.86. The van der Waals surface area contributed by atoms with Crippen molar-refractivity contribution in [2.75, 3.05) is 13.2 Å². The van der Waals surface area contributed by atoms with Gasteiger partial charge in [0.1, 0.15) is 11.4 Å². The number of hydrogen-bond donors (Lipinski definition) is 0. The lowest BCUT2D eigenvalue weighted by Crippen LogP contribution is -2.13. The zero-order valence-corrected chi connectivity index (χ0v) is 22.0. The molecule has 1 heterocycles. The van der Waals surface area contributed by atoms with Crippen LogP contribution >= 0.6 is 0 Å². The number of rotatable bonds is 22. The minimum Gasteiger partial charge on any atom is -0.461 e. The topological polar surface area (TPSA) is 65.5 Å². The lowest BCUT2D eigenvalue weighted by molar-refractivity contribution is 0.0483. The zero-order valence-electron chi connectivity index (χ0n) is 22.0. The highest BCUT2D eigenvalue weighted by Gasteiger charge is 2.14. The largest absolute Gasteiger partial charge is 0.461 e. The molecule has 0 radical (unpaired) electrons. The maximum absolute atomic E-state index is 12.2. The van der Waals surface area contributed by atoms with E-state index in [4.69, 9.17) is 9.47 Å². The fourth-order valence-corrected chi connectivity index (χ4v) is 3.93. The Morgan fingerprint density at radius 3 is 1.32 bits per heavy atom. The average molecular weight is 476 g/mol. The van der Waals surface area contributed by atoms with Gasteiger partial charge in [-0.2, -0.15) is 0 Å². The van der Waals surface area contributed by atoms with Crippen molar-refractivity contribution < 1.29 is 19.1 Å². The molecule has 34 heavy (non-hydrogen) atoms. The number of carbonyl (C=O) groups is 2. The molecule has 194 valence electrons. The summed E-state index contributed by atoms with van der Waals surface area (Å²) in [4.78, 5) is 28.3. The highest BCUT2D eigenvalue weighted by atomic mass is 16.5. The van der Waals surface area contributed by atoms with Gasteiger partial charge in [0.15, 0.2) is 0 Å². The molecule has 1 aromatic rings. The SMILES string of the molecule is CCCCCCCCCCCCCCCCCCOC(=O)c1cccc(C(=O)OCCCC)n1. The summed E-state index contributed by atoms with van der Waals surface area (Å²) >= 11 is 0. The summed E-state index contributed by atoms with van der Waals surface area (Å²) in [6.45, 7) is 5.06.